The van der Waals surface area contributed by atoms with Crippen LogP contribution in [0, 0.1) is 0 Å². The van der Waals surface area contributed by atoms with Gasteiger partial charge in [-0.2, -0.15) is 0 Å². The lowest BCUT2D eigenvalue weighted by molar-refractivity contribution is -0.121. The Morgan fingerprint density at radius 2 is 1.61 bits per heavy atom. The van der Waals surface area contributed by atoms with E-state index < -0.39 is 0 Å². The summed E-state index contributed by atoms with van der Waals surface area (Å²) in [7, 11) is 0. The molecular formula is C19H24N2O2. The first kappa shape index (κ1) is 17.0. The van der Waals surface area contributed by atoms with E-state index in [2.05, 4.69) is 22.8 Å². The number of hydrogen-bond donors (Lipinski definition) is 2. The van der Waals surface area contributed by atoms with Crippen LogP contribution in [0.25, 0.3) is 0 Å². The minimum atomic E-state index is 0.0743. The Morgan fingerprint density at radius 1 is 0.913 bits per heavy atom. The Kier molecular flexibility index (Phi) is 7.70. The monoisotopic (exact) mass is 312 g/mol. The Balaban J connectivity index is 1.45. The lowest BCUT2D eigenvalue weighted by Gasteiger charge is -2.08. The van der Waals surface area contributed by atoms with Gasteiger partial charge in [0, 0.05) is 26.1 Å². The minimum absolute atomic E-state index is 0.0743. The fourth-order valence-corrected chi connectivity index (χ4v) is 2.13. The maximum absolute atomic E-state index is 11.7. The smallest absolute Gasteiger partial charge is 0.221 e. The van der Waals surface area contributed by atoms with E-state index in [0.717, 1.165) is 18.7 Å². The molecule has 0 aliphatic heterocycles. The topological polar surface area (TPSA) is 50.4 Å². The van der Waals surface area contributed by atoms with Gasteiger partial charge in [0.15, 0.2) is 0 Å². The van der Waals surface area contributed by atoms with Crippen LogP contribution in [0.15, 0.2) is 60.7 Å². The van der Waals surface area contributed by atoms with Gasteiger partial charge in [-0.3, -0.25) is 4.79 Å². The highest BCUT2D eigenvalue weighted by molar-refractivity contribution is 5.75. The molecule has 0 aromatic heterocycles. The van der Waals surface area contributed by atoms with Crippen LogP contribution < -0.4 is 15.4 Å². The Morgan fingerprint density at radius 3 is 2.35 bits per heavy atom. The lowest BCUT2D eigenvalue weighted by Crippen LogP contribution is -2.29. The molecule has 0 heterocycles. The number of nitrogens with one attached hydrogen (secondary N) is 2. The second kappa shape index (κ2) is 10.4. The molecule has 4 nitrogen and oxygen atoms in total. The number of hydrogen-bond acceptors (Lipinski definition) is 3. The van der Waals surface area contributed by atoms with E-state index in [1.807, 2.05) is 48.5 Å². The quantitative estimate of drug-likeness (QED) is 0.663. The molecule has 122 valence electrons. The highest BCUT2D eigenvalue weighted by Gasteiger charge is 2.00. The largest absolute Gasteiger partial charge is 0.494 e. The highest BCUT2D eigenvalue weighted by atomic mass is 16.5. The molecule has 0 radical (unpaired) electrons. The third-order valence-corrected chi connectivity index (χ3v) is 3.36. The third kappa shape index (κ3) is 7.47. The average Bonchev–Trinajstić information content (AvgIpc) is 2.60. The average molecular weight is 312 g/mol. The Bertz CT molecular complexity index is 558. The number of carbonyl (C=O) groups excluding carboxylic acids is 1. The summed E-state index contributed by atoms with van der Waals surface area (Å²) in [5.74, 6) is 0.939. The summed E-state index contributed by atoms with van der Waals surface area (Å²) >= 11 is 0. The van der Waals surface area contributed by atoms with Crippen molar-refractivity contribution in [1.82, 2.24) is 10.6 Å². The number of para-hydroxylation sites is 1. The molecule has 0 aliphatic rings. The predicted molar refractivity (Wildman–Crippen MR) is 92.3 cm³/mol. The molecule has 1 amide bonds. The summed E-state index contributed by atoms with van der Waals surface area (Å²) in [4.78, 5) is 11.7. The number of rotatable bonds is 10. The van der Waals surface area contributed by atoms with E-state index >= 15 is 0 Å². The van der Waals surface area contributed by atoms with Crippen molar-refractivity contribution in [3.05, 3.63) is 66.2 Å². The molecule has 0 saturated carbocycles. The molecule has 0 spiro atoms. The fourth-order valence-electron chi connectivity index (χ4n) is 2.13. The van der Waals surface area contributed by atoms with E-state index in [-0.39, 0.29) is 5.91 Å². The molecule has 2 rings (SSSR count). The van der Waals surface area contributed by atoms with Crippen molar-refractivity contribution in [2.24, 2.45) is 0 Å². The summed E-state index contributed by atoms with van der Waals surface area (Å²) in [6, 6.07) is 19.9. The van der Waals surface area contributed by atoms with Gasteiger partial charge in [0.2, 0.25) is 5.91 Å². The molecule has 2 aromatic rings. The van der Waals surface area contributed by atoms with E-state index in [4.69, 9.17) is 4.74 Å². The van der Waals surface area contributed by atoms with Crippen LogP contribution in [-0.4, -0.2) is 25.6 Å². The van der Waals surface area contributed by atoms with Crippen LogP contribution in [-0.2, 0) is 11.3 Å². The van der Waals surface area contributed by atoms with Crippen molar-refractivity contribution in [3.63, 3.8) is 0 Å². The minimum Gasteiger partial charge on any atom is -0.494 e. The summed E-state index contributed by atoms with van der Waals surface area (Å²) in [6.45, 7) is 2.72. The van der Waals surface area contributed by atoms with Gasteiger partial charge in [0.25, 0.3) is 0 Å². The molecule has 0 bridgehead atoms. The van der Waals surface area contributed by atoms with Gasteiger partial charge in [0.05, 0.1) is 6.61 Å². The molecule has 0 atom stereocenters. The predicted octanol–water partition coefficient (Wildman–Crippen LogP) is 2.75. The van der Waals surface area contributed by atoms with Crippen LogP contribution in [0.4, 0.5) is 0 Å². The van der Waals surface area contributed by atoms with Crippen molar-refractivity contribution in [2.75, 3.05) is 19.7 Å². The second-order valence-corrected chi connectivity index (χ2v) is 5.28. The second-order valence-electron chi connectivity index (χ2n) is 5.28. The van der Waals surface area contributed by atoms with Crippen LogP contribution >= 0.6 is 0 Å². The molecule has 0 fully saturated rings. The van der Waals surface area contributed by atoms with Crippen LogP contribution in [0.1, 0.15) is 18.4 Å². The van der Waals surface area contributed by atoms with Crippen molar-refractivity contribution in [1.29, 1.82) is 0 Å². The first-order valence-electron chi connectivity index (χ1n) is 8.04. The van der Waals surface area contributed by atoms with Gasteiger partial charge >= 0.3 is 0 Å². The summed E-state index contributed by atoms with van der Waals surface area (Å²) in [5, 5.41) is 6.18. The van der Waals surface area contributed by atoms with Crippen LogP contribution in [0.3, 0.4) is 0 Å². The number of amides is 1. The molecule has 0 unspecified atom stereocenters. The zero-order valence-corrected chi connectivity index (χ0v) is 13.3. The molecule has 4 heteroatoms. The molecule has 2 aromatic carbocycles. The van der Waals surface area contributed by atoms with Crippen molar-refractivity contribution < 1.29 is 9.53 Å². The van der Waals surface area contributed by atoms with Crippen LogP contribution in [0.2, 0.25) is 0 Å². The molecule has 2 N–H and O–H groups in total. The van der Waals surface area contributed by atoms with E-state index in [1.54, 1.807) is 0 Å². The summed E-state index contributed by atoms with van der Waals surface area (Å²) < 4.78 is 5.57. The zero-order chi connectivity index (χ0) is 16.2. The number of carbonyl (C=O) groups is 1. The van der Waals surface area contributed by atoms with E-state index in [0.29, 0.717) is 26.1 Å². The van der Waals surface area contributed by atoms with Crippen molar-refractivity contribution >= 4 is 5.91 Å². The standard InChI is InChI=1S/C19H24N2O2/c22-19(12-14-20-16-17-8-3-1-4-9-17)21-13-7-15-23-18-10-5-2-6-11-18/h1-6,8-11,20H,7,12-16H2,(H,21,22). The van der Waals surface area contributed by atoms with E-state index in [9.17, 15) is 4.79 Å². The molecule has 0 saturated heterocycles. The van der Waals surface area contributed by atoms with Crippen LogP contribution in [0.5, 0.6) is 5.75 Å². The van der Waals surface area contributed by atoms with Gasteiger partial charge in [0.1, 0.15) is 5.75 Å². The fraction of sp³-hybridized carbons (Fsp3) is 0.316. The van der Waals surface area contributed by atoms with E-state index in [1.165, 1.54) is 5.56 Å². The number of ether oxygens (including phenoxy) is 1. The summed E-state index contributed by atoms with van der Waals surface area (Å²) in [5.41, 5.74) is 1.23. The zero-order valence-electron chi connectivity index (χ0n) is 13.3. The maximum Gasteiger partial charge on any atom is 0.221 e. The first-order valence-corrected chi connectivity index (χ1v) is 8.04. The van der Waals surface area contributed by atoms with Gasteiger partial charge in [-0.05, 0) is 24.1 Å². The molecule has 0 aliphatic carbocycles. The number of benzene rings is 2. The lowest BCUT2D eigenvalue weighted by atomic mass is 10.2. The molecule has 23 heavy (non-hydrogen) atoms. The third-order valence-electron chi connectivity index (χ3n) is 3.36. The van der Waals surface area contributed by atoms with Gasteiger partial charge in [-0.1, -0.05) is 48.5 Å². The Hall–Kier alpha value is -2.33. The van der Waals surface area contributed by atoms with Gasteiger partial charge < -0.3 is 15.4 Å². The first-order chi connectivity index (χ1) is 11.3. The Labute approximate surface area is 137 Å². The van der Waals surface area contributed by atoms with Crippen molar-refractivity contribution in [3.8, 4) is 5.75 Å². The summed E-state index contributed by atoms with van der Waals surface area (Å²) in [6.07, 6.45) is 1.30. The molecular weight excluding hydrogens is 288 g/mol. The maximum atomic E-state index is 11.7. The SMILES string of the molecule is O=C(CCNCc1ccccc1)NCCCOc1ccccc1. The van der Waals surface area contributed by atoms with Gasteiger partial charge in [-0.25, -0.2) is 0 Å². The van der Waals surface area contributed by atoms with Crippen molar-refractivity contribution in [2.45, 2.75) is 19.4 Å². The highest BCUT2D eigenvalue weighted by Crippen LogP contribution is 2.07. The van der Waals surface area contributed by atoms with Gasteiger partial charge in [-0.15, -0.1) is 0 Å². The normalized spacial score (nSPS) is 10.3.